The summed E-state index contributed by atoms with van der Waals surface area (Å²) in [6.07, 6.45) is 3.60. The number of halogens is 1. The highest BCUT2D eigenvalue weighted by Gasteiger charge is 2.12. The minimum absolute atomic E-state index is 0.119. The third-order valence-corrected chi connectivity index (χ3v) is 3.47. The van der Waals surface area contributed by atoms with Crippen molar-refractivity contribution in [3.63, 3.8) is 0 Å². The first kappa shape index (κ1) is 12.3. The number of para-hydroxylation sites is 1. The zero-order valence-corrected chi connectivity index (χ0v) is 11.5. The Bertz CT molecular complexity index is 731. The lowest BCUT2D eigenvalue weighted by Gasteiger charge is -2.09. The van der Waals surface area contributed by atoms with Gasteiger partial charge in [0.1, 0.15) is 11.1 Å². The largest absolute Gasteiger partial charge is 0.437 e. The van der Waals surface area contributed by atoms with E-state index in [1.165, 1.54) is 0 Å². The molecule has 0 atom stereocenters. The van der Waals surface area contributed by atoms with E-state index in [4.69, 9.17) is 16.3 Å². The Morgan fingerprint density at radius 2 is 2.11 bits per heavy atom. The molecule has 7 heteroatoms. The molecule has 19 heavy (non-hydrogen) atoms. The number of aromatic nitrogens is 4. The van der Waals surface area contributed by atoms with Gasteiger partial charge in [-0.05, 0) is 30.0 Å². The van der Waals surface area contributed by atoms with Gasteiger partial charge in [0, 0.05) is 4.90 Å². The molecular formula is C12H9ClN4OS. The second-order valence-electron chi connectivity index (χ2n) is 3.68. The van der Waals surface area contributed by atoms with Gasteiger partial charge in [0.05, 0.1) is 6.20 Å². The maximum absolute atomic E-state index is 5.87. The van der Waals surface area contributed by atoms with Crippen LogP contribution in [0.15, 0.2) is 35.4 Å². The standard InChI is InChI=1S/C12H9ClN4OS/c1-19-9-5-3-2-4-8(9)18-11-7-6-14-17-10(7)15-12(13)16-11/h2-6H,1H3,(H,14,15,16,17). The van der Waals surface area contributed by atoms with Gasteiger partial charge in [0.2, 0.25) is 11.2 Å². The van der Waals surface area contributed by atoms with Crippen LogP contribution in [0.3, 0.4) is 0 Å². The van der Waals surface area contributed by atoms with Crippen LogP contribution in [0, 0.1) is 0 Å². The minimum atomic E-state index is 0.119. The summed E-state index contributed by atoms with van der Waals surface area (Å²) in [6.45, 7) is 0. The Balaban J connectivity index is 2.07. The van der Waals surface area contributed by atoms with E-state index < -0.39 is 0 Å². The van der Waals surface area contributed by atoms with Gasteiger partial charge in [0.25, 0.3) is 0 Å². The molecular weight excluding hydrogens is 284 g/mol. The molecule has 3 aromatic rings. The number of ether oxygens (including phenoxy) is 1. The number of H-pyrrole nitrogens is 1. The van der Waals surface area contributed by atoms with Crippen molar-refractivity contribution < 1.29 is 4.74 Å². The Morgan fingerprint density at radius 3 is 2.95 bits per heavy atom. The lowest BCUT2D eigenvalue weighted by molar-refractivity contribution is 0.457. The van der Waals surface area contributed by atoms with Crippen molar-refractivity contribution in [3.8, 4) is 11.6 Å². The molecule has 2 aromatic heterocycles. The van der Waals surface area contributed by atoms with Gasteiger partial charge in [0.15, 0.2) is 5.65 Å². The number of rotatable bonds is 3. The molecule has 0 aliphatic heterocycles. The third kappa shape index (κ3) is 2.36. The van der Waals surface area contributed by atoms with Crippen LogP contribution in [0.5, 0.6) is 11.6 Å². The highest BCUT2D eigenvalue weighted by molar-refractivity contribution is 7.98. The molecule has 5 nitrogen and oxygen atoms in total. The predicted molar refractivity (Wildman–Crippen MR) is 75.0 cm³/mol. The summed E-state index contributed by atoms with van der Waals surface area (Å²) >= 11 is 7.47. The van der Waals surface area contributed by atoms with Crippen LogP contribution in [-0.4, -0.2) is 26.4 Å². The van der Waals surface area contributed by atoms with Crippen LogP contribution in [0.25, 0.3) is 11.0 Å². The molecule has 0 aliphatic rings. The average Bonchev–Trinajstić information content (AvgIpc) is 2.87. The van der Waals surface area contributed by atoms with Crippen LogP contribution >= 0.6 is 23.4 Å². The van der Waals surface area contributed by atoms with Crippen LogP contribution < -0.4 is 4.74 Å². The first-order valence-corrected chi connectivity index (χ1v) is 7.05. The molecule has 2 heterocycles. The summed E-state index contributed by atoms with van der Waals surface area (Å²) in [5.41, 5.74) is 0.552. The first-order valence-electron chi connectivity index (χ1n) is 5.45. The summed E-state index contributed by atoms with van der Waals surface area (Å²) in [5.74, 6) is 1.12. The first-order chi connectivity index (χ1) is 9.28. The molecule has 0 saturated heterocycles. The molecule has 0 aliphatic carbocycles. The van der Waals surface area contributed by atoms with E-state index in [-0.39, 0.29) is 5.28 Å². The van der Waals surface area contributed by atoms with E-state index in [9.17, 15) is 0 Å². The zero-order chi connectivity index (χ0) is 13.2. The van der Waals surface area contributed by atoms with Gasteiger partial charge in [-0.15, -0.1) is 11.8 Å². The highest BCUT2D eigenvalue weighted by atomic mass is 35.5. The van der Waals surface area contributed by atoms with Crippen LogP contribution in [0.2, 0.25) is 5.28 Å². The quantitative estimate of drug-likeness (QED) is 0.591. The Labute approximate surface area is 118 Å². The number of nitrogens with zero attached hydrogens (tertiary/aromatic N) is 3. The SMILES string of the molecule is CSc1ccccc1Oc1nc(Cl)nc2[nH]ncc12. The fourth-order valence-electron chi connectivity index (χ4n) is 1.67. The minimum Gasteiger partial charge on any atom is -0.437 e. The number of aromatic amines is 1. The van der Waals surface area contributed by atoms with Crippen LogP contribution in [-0.2, 0) is 0 Å². The molecule has 3 rings (SSSR count). The highest BCUT2D eigenvalue weighted by Crippen LogP contribution is 2.33. The molecule has 0 unspecified atom stereocenters. The molecule has 0 saturated carbocycles. The van der Waals surface area contributed by atoms with E-state index in [1.54, 1.807) is 18.0 Å². The van der Waals surface area contributed by atoms with Crippen molar-refractivity contribution >= 4 is 34.4 Å². The van der Waals surface area contributed by atoms with E-state index in [0.717, 1.165) is 10.6 Å². The van der Waals surface area contributed by atoms with Crippen molar-refractivity contribution in [2.24, 2.45) is 0 Å². The Hall–Kier alpha value is -1.79. The van der Waals surface area contributed by atoms with Crippen LogP contribution in [0.1, 0.15) is 0 Å². The molecule has 1 N–H and O–H groups in total. The molecule has 0 spiro atoms. The maximum atomic E-state index is 5.87. The Kier molecular flexibility index (Phi) is 3.27. The van der Waals surface area contributed by atoms with Gasteiger partial charge >= 0.3 is 0 Å². The average molecular weight is 293 g/mol. The number of nitrogens with one attached hydrogen (secondary N) is 1. The molecule has 1 aromatic carbocycles. The van der Waals surface area contributed by atoms with Gasteiger partial charge in [-0.2, -0.15) is 15.1 Å². The molecule has 0 radical (unpaired) electrons. The third-order valence-electron chi connectivity index (χ3n) is 2.52. The van der Waals surface area contributed by atoms with E-state index >= 15 is 0 Å². The van der Waals surface area contributed by atoms with Crippen molar-refractivity contribution in [1.82, 2.24) is 20.2 Å². The summed E-state index contributed by atoms with van der Waals surface area (Å²) in [7, 11) is 0. The Morgan fingerprint density at radius 1 is 1.26 bits per heavy atom. The summed E-state index contributed by atoms with van der Waals surface area (Å²) < 4.78 is 5.84. The smallest absolute Gasteiger partial charge is 0.234 e. The van der Waals surface area contributed by atoms with Crippen molar-refractivity contribution in [3.05, 3.63) is 35.7 Å². The number of fused-ring (bicyclic) bond motifs is 1. The van der Waals surface area contributed by atoms with E-state index in [1.807, 2.05) is 30.5 Å². The molecule has 0 amide bonds. The van der Waals surface area contributed by atoms with Gasteiger partial charge in [-0.3, -0.25) is 5.10 Å². The predicted octanol–water partition coefficient (Wildman–Crippen LogP) is 3.52. The number of benzene rings is 1. The van der Waals surface area contributed by atoms with Crippen molar-refractivity contribution in [2.45, 2.75) is 4.90 Å². The number of hydrogen-bond donors (Lipinski definition) is 1. The molecule has 0 fully saturated rings. The second kappa shape index (κ2) is 5.07. The van der Waals surface area contributed by atoms with Crippen LogP contribution in [0.4, 0.5) is 0 Å². The molecule has 96 valence electrons. The second-order valence-corrected chi connectivity index (χ2v) is 4.87. The summed E-state index contributed by atoms with van der Waals surface area (Å²) in [4.78, 5) is 9.16. The fourth-order valence-corrected chi connectivity index (χ4v) is 2.35. The normalized spacial score (nSPS) is 10.8. The lowest BCUT2D eigenvalue weighted by atomic mass is 10.3. The summed E-state index contributed by atoms with van der Waals surface area (Å²) in [6, 6.07) is 7.73. The van der Waals surface area contributed by atoms with Crippen molar-refractivity contribution in [1.29, 1.82) is 0 Å². The zero-order valence-electron chi connectivity index (χ0n) is 9.92. The number of thioether (sulfide) groups is 1. The number of hydrogen-bond acceptors (Lipinski definition) is 5. The fraction of sp³-hybridized carbons (Fsp3) is 0.0833. The van der Waals surface area contributed by atoms with E-state index in [2.05, 4.69) is 20.2 Å². The van der Waals surface area contributed by atoms with Crippen molar-refractivity contribution in [2.75, 3.05) is 6.26 Å². The summed E-state index contributed by atoms with van der Waals surface area (Å²) in [5, 5.41) is 7.47. The van der Waals surface area contributed by atoms with Gasteiger partial charge in [-0.1, -0.05) is 12.1 Å². The maximum Gasteiger partial charge on any atom is 0.234 e. The lowest BCUT2D eigenvalue weighted by Crippen LogP contribution is -1.93. The van der Waals surface area contributed by atoms with E-state index in [0.29, 0.717) is 16.9 Å². The monoisotopic (exact) mass is 292 g/mol. The van der Waals surface area contributed by atoms with Gasteiger partial charge in [-0.25, -0.2) is 0 Å². The topological polar surface area (TPSA) is 63.7 Å². The molecule has 0 bridgehead atoms. The van der Waals surface area contributed by atoms with Gasteiger partial charge < -0.3 is 4.74 Å².